The number of carboxylic acid groups (broad SMARTS) is 1. The van der Waals surface area contributed by atoms with Crippen molar-refractivity contribution >= 4 is 29.4 Å². The number of aromatic carboxylic acids is 1. The minimum atomic E-state index is -1.03. The quantitative estimate of drug-likeness (QED) is 0.801. The number of carboxylic acids is 1. The van der Waals surface area contributed by atoms with Crippen LogP contribution in [0.25, 0.3) is 0 Å². The van der Waals surface area contributed by atoms with Gasteiger partial charge in [0.2, 0.25) is 0 Å². The van der Waals surface area contributed by atoms with E-state index in [1.807, 2.05) is 11.8 Å². The number of benzene rings is 1. The minimum Gasteiger partial charge on any atom is -0.478 e. The van der Waals surface area contributed by atoms with Crippen LogP contribution in [0.4, 0.5) is 10.5 Å². The molecule has 0 radical (unpaired) electrons. The average molecular weight is 294 g/mol. The number of anilines is 1. The fourth-order valence-corrected chi connectivity index (χ4v) is 3.35. The largest absolute Gasteiger partial charge is 0.478 e. The molecule has 2 rings (SSSR count). The lowest BCUT2D eigenvalue weighted by molar-refractivity contribution is 0.0697. The fraction of sp³-hybridized carbons (Fsp3) is 0.429. The lowest BCUT2D eigenvalue weighted by Crippen LogP contribution is -2.40. The van der Waals surface area contributed by atoms with E-state index in [0.717, 1.165) is 24.3 Å². The summed E-state index contributed by atoms with van der Waals surface area (Å²) in [5, 5.41) is 14.7. The summed E-state index contributed by atoms with van der Waals surface area (Å²) >= 11 is 1.89. The van der Waals surface area contributed by atoms with Crippen LogP contribution >= 0.6 is 11.8 Å². The van der Waals surface area contributed by atoms with Gasteiger partial charge in [0.05, 0.1) is 11.3 Å². The van der Waals surface area contributed by atoms with Gasteiger partial charge < -0.3 is 15.7 Å². The van der Waals surface area contributed by atoms with Crippen molar-refractivity contribution in [3.63, 3.8) is 0 Å². The highest BCUT2D eigenvalue weighted by atomic mass is 32.2. The number of carbonyl (C=O) groups excluding carboxylic acids is 1. The second kappa shape index (κ2) is 6.65. The summed E-state index contributed by atoms with van der Waals surface area (Å²) in [5.41, 5.74) is 1.10. The van der Waals surface area contributed by atoms with Gasteiger partial charge in [0.15, 0.2) is 0 Å². The zero-order valence-electron chi connectivity index (χ0n) is 11.3. The predicted octanol–water partition coefficient (Wildman–Crippen LogP) is 2.71. The van der Waals surface area contributed by atoms with E-state index in [-0.39, 0.29) is 17.6 Å². The minimum absolute atomic E-state index is 0.141. The van der Waals surface area contributed by atoms with Gasteiger partial charge in [-0.2, -0.15) is 11.8 Å². The van der Waals surface area contributed by atoms with E-state index in [1.165, 1.54) is 0 Å². The Morgan fingerprint density at radius 1 is 1.30 bits per heavy atom. The van der Waals surface area contributed by atoms with Gasteiger partial charge in [-0.05, 0) is 42.9 Å². The second-order valence-corrected chi connectivity index (χ2v) is 6.01. The lowest BCUT2D eigenvalue weighted by atomic mass is 10.1. The first kappa shape index (κ1) is 14.7. The number of hydrogen-bond donors (Lipinski definition) is 3. The first-order valence-corrected chi connectivity index (χ1v) is 7.71. The molecule has 1 fully saturated rings. The van der Waals surface area contributed by atoms with E-state index < -0.39 is 5.97 Å². The number of hydrogen-bond acceptors (Lipinski definition) is 3. The van der Waals surface area contributed by atoms with Crippen LogP contribution in [0.2, 0.25) is 0 Å². The second-order valence-electron chi connectivity index (χ2n) is 4.79. The predicted molar refractivity (Wildman–Crippen MR) is 80.6 cm³/mol. The summed E-state index contributed by atoms with van der Waals surface area (Å²) in [6.07, 6.45) is 1.91. The van der Waals surface area contributed by atoms with Crippen LogP contribution in [0.3, 0.4) is 0 Å². The third-order valence-corrected chi connectivity index (χ3v) is 4.34. The monoisotopic (exact) mass is 294 g/mol. The lowest BCUT2D eigenvalue weighted by Gasteiger charge is -2.23. The van der Waals surface area contributed by atoms with Crippen molar-refractivity contribution in [3.05, 3.63) is 29.3 Å². The fourth-order valence-electron chi connectivity index (χ4n) is 2.24. The molecule has 1 aromatic rings. The molecule has 0 bridgehead atoms. The number of amides is 2. The molecule has 1 aliphatic rings. The summed E-state index contributed by atoms with van der Waals surface area (Å²) in [7, 11) is 0. The molecule has 0 spiro atoms. The first-order valence-electron chi connectivity index (χ1n) is 6.56. The Kier molecular flexibility index (Phi) is 4.89. The van der Waals surface area contributed by atoms with E-state index in [0.29, 0.717) is 11.3 Å². The van der Waals surface area contributed by atoms with Crippen molar-refractivity contribution in [1.82, 2.24) is 5.32 Å². The van der Waals surface area contributed by atoms with Crippen molar-refractivity contribution in [3.8, 4) is 0 Å². The van der Waals surface area contributed by atoms with Crippen LogP contribution in [0.1, 0.15) is 28.8 Å². The Hall–Kier alpha value is -1.69. The van der Waals surface area contributed by atoms with Gasteiger partial charge in [0.25, 0.3) is 0 Å². The smallest absolute Gasteiger partial charge is 0.338 e. The van der Waals surface area contributed by atoms with E-state index >= 15 is 0 Å². The number of aryl methyl sites for hydroxylation is 1. The molecule has 1 aromatic carbocycles. The van der Waals surface area contributed by atoms with Gasteiger partial charge in [0.1, 0.15) is 0 Å². The van der Waals surface area contributed by atoms with Crippen molar-refractivity contribution in [2.75, 3.05) is 16.8 Å². The van der Waals surface area contributed by atoms with E-state index in [1.54, 1.807) is 25.1 Å². The number of urea groups is 1. The van der Waals surface area contributed by atoms with Crippen LogP contribution in [0.5, 0.6) is 0 Å². The van der Waals surface area contributed by atoms with E-state index in [4.69, 9.17) is 0 Å². The molecule has 1 heterocycles. The van der Waals surface area contributed by atoms with Crippen LogP contribution < -0.4 is 10.6 Å². The molecule has 108 valence electrons. The molecule has 0 aliphatic carbocycles. The third kappa shape index (κ3) is 3.66. The number of rotatable bonds is 3. The van der Waals surface area contributed by atoms with Gasteiger partial charge in [-0.1, -0.05) is 12.1 Å². The summed E-state index contributed by atoms with van der Waals surface area (Å²) in [4.78, 5) is 23.2. The SMILES string of the molecule is Cc1cccc(NC(=O)NC2CCSCC2)c1C(=O)O. The van der Waals surface area contributed by atoms with Crippen LogP contribution in [-0.2, 0) is 0 Å². The molecule has 0 unspecified atom stereocenters. The molecule has 6 heteroatoms. The Labute approximate surface area is 122 Å². The Balaban J connectivity index is 2.04. The summed E-state index contributed by atoms with van der Waals surface area (Å²) in [6, 6.07) is 4.89. The molecular formula is C14H18N2O3S. The van der Waals surface area contributed by atoms with Crippen molar-refractivity contribution in [2.24, 2.45) is 0 Å². The maximum Gasteiger partial charge on any atom is 0.338 e. The van der Waals surface area contributed by atoms with Gasteiger partial charge in [-0.3, -0.25) is 0 Å². The third-order valence-electron chi connectivity index (χ3n) is 3.29. The standard InChI is InChI=1S/C14H18N2O3S/c1-9-3-2-4-11(12(9)13(17)18)16-14(19)15-10-5-7-20-8-6-10/h2-4,10H,5-8H2,1H3,(H,17,18)(H2,15,16,19). The normalized spacial score (nSPS) is 15.7. The highest BCUT2D eigenvalue weighted by Crippen LogP contribution is 2.20. The van der Waals surface area contributed by atoms with E-state index in [9.17, 15) is 14.7 Å². The Morgan fingerprint density at radius 2 is 2.00 bits per heavy atom. The number of carbonyl (C=O) groups is 2. The molecule has 3 N–H and O–H groups in total. The highest BCUT2D eigenvalue weighted by molar-refractivity contribution is 7.99. The van der Waals surface area contributed by atoms with Crippen molar-refractivity contribution < 1.29 is 14.7 Å². The average Bonchev–Trinajstić information content (AvgIpc) is 2.39. The zero-order valence-corrected chi connectivity index (χ0v) is 12.1. The molecule has 20 heavy (non-hydrogen) atoms. The number of nitrogens with one attached hydrogen (secondary N) is 2. The first-order chi connectivity index (χ1) is 9.58. The van der Waals surface area contributed by atoms with Gasteiger partial charge in [-0.15, -0.1) is 0 Å². The van der Waals surface area contributed by atoms with Crippen LogP contribution in [0.15, 0.2) is 18.2 Å². The molecule has 2 amide bonds. The topological polar surface area (TPSA) is 78.4 Å². The highest BCUT2D eigenvalue weighted by Gasteiger charge is 2.18. The summed E-state index contributed by atoms with van der Waals surface area (Å²) in [5.74, 6) is 1.07. The maximum absolute atomic E-state index is 11.9. The summed E-state index contributed by atoms with van der Waals surface area (Å²) in [6.45, 7) is 1.71. The molecule has 0 atom stereocenters. The van der Waals surface area contributed by atoms with Crippen LogP contribution in [0, 0.1) is 6.92 Å². The molecule has 0 saturated carbocycles. The van der Waals surface area contributed by atoms with Gasteiger partial charge in [0, 0.05) is 6.04 Å². The molecule has 0 aromatic heterocycles. The molecule has 5 nitrogen and oxygen atoms in total. The molecule has 1 aliphatic heterocycles. The zero-order chi connectivity index (χ0) is 14.5. The maximum atomic E-state index is 11.9. The van der Waals surface area contributed by atoms with Crippen LogP contribution in [-0.4, -0.2) is 34.7 Å². The van der Waals surface area contributed by atoms with Gasteiger partial charge >= 0.3 is 12.0 Å². The van der Waals surface area contributed by atoms with Gasteiger partial charge in [-0.25, -0.2) is 9.59 Å². The molecule has 1 saturated heterocycles. The van der Waals surface area contributed by atoms with Crippen molar-refractivity contribution in [1.29, 1.82) is 0 Å². The Morgan fingerprint density at radius 3 is 2.65 bits per heavy atom. The van der Waals surface area contributed by atoms with E-state index in [2.05, 4.69) is 10.6 Å². The molecular weight excluding hydrogens is 276 g/mol. The number of thioether (sulfide) groups is 1. The Bertz CT molecular complexity index is 513. The van der Waals surface area contributed by atoms with Crippen molar-refractivity contribution in [2.45, 2.75) is 25.8 Å². The summed E-state index contributed by atoms with van der Waals surface area (Å²) < 4.78 is 0.